The summed E-state index contributed by atoms with van der Waals surface area (Å²) in [6, 6.07) is 3.61. The van der Waals surface area contributed by atoms with Gasteiger partial charge in [0.2, 0.25) is 0 Å². The van der Waals surface area contributed by atoms with Gasteiger partial charge in [-0.15, -0.1) is 0 Å². The largest absolute Gasteiger partial charge is 0.338 e. The van der Waals surface area contributed by atoms with Crippen molar-refractivity contribution in [2.75, 3.05) is 13.6 Å². The molecule has 4 nitrogen and oxygen atoms in total. The molecule has 4 heteroatoms. The first-order chi connectivity index (χ1) is 8.06. The average Bonchev–Trinajstić information content (AvgIpc) is 2.35. The first-order valence-corrected chi connectivity index (χ1v) is 5.48. The van der Waals surface area contributed by atoms with Gasteiger partial charge in [-0.05, 0) is 26.0 Å². The highest BCUT2D eigenvalue weighted by molar-refractivity contribution is 5.92. The molecule has 0 aliphatic heterocycles. The molecule has 17 heavy (non-hydrogen) atoms. The van der Waals surface area contributed by atoms with E-state index in [1.807, 2.05) is 13.8 Å². The van der Waals surface area contributed by atoms with Crippen molar-refractivity contribution >= 4 is 5.91 Å². The van der Waals surface area contributed by atoms with E-state index < -0.39 is 0 Å². The SMILES string of the molecule is CC(C)N(C)C(=O)c1ccc(C#CCN)cn1. The molecule has 2 N–H and O–H groups in total. The maximum Gasteiger partial charge on any atom is 0.272 e. The van der Waals surface area contributed by atoms with E-state index in [1.54, 1.807) is 30.3 Å². The smallest absolute Gasteiger partial charge is 0.272 e. The summed E-state index contributed by atoms with van der Waals surface area (Å²) in [6.45, 7) is 4.23. The Morgan fingerprint density at radius 1 is 1.53 bits per heavy atom. The number of pyridine rings is 1. The zero-order valence-corrected chi connectivity index (χ0v) is 10.4. The van der Waals surface area contributed by atoms with Gasteiger partial charge < -0.3 is 10.6 Å². The molecule has 1 aromatic heterocycles. The molecule has 1 heterocycles. The monoisotopic (exact) mass is 231 g/mol. The Bertz CT molecular complexity index is 440. The van der Waals surface area contributed by atoms with Gasteiger partial charge in [0.15, 0.2) is 0 Å². The lowest BCUT2D eigenvalue weighted by Crippen LogP contribution is -2.33. The Labute approximate surface area is 102 Å². The van der Waals surface area contributed by atoms with Crippen molar-refractivity contribution in [1.82, 2.24) is 9.88 Å². The fourth-order valence-electron chi connectivity index (χ4n) is 1.16. The van der Waals surface area contributed by atoms with Gasteiger partial charge in [-0.1, -0.05) is 11.8 Å². The molecule has 0 spiro atoms. The van der Waals surface area contributed by atoms with E-state index in [1.165, 1.54) is 0 Å². The molecule has 0 aromatic carbocycles. The topological polar surface area (TPSA) is 59.2 Å². The van der Waals surface area contributed by atoms with Crippen LogP contribution in [0, 0.1) is 11.8 Å². The van der Waals surface area contributed by atoms with Crippen LogP contribution in [-0.2, 0) is 0 Å². The standard InChI is InChI=1S/C13H17N3O/c1-10(2)16(3)13(17)12-7-6-11(9-15-12)5-4-8-14/h6-7,9-10H,8,14H2,1-3H3. The first kappa shape index (κ1) is 13.2. The van der Waals surface area contributed by atoms with Gasteiger partial charge in [-0.2, -0.15) is 0 Å². The number of hydrogen-bond donors (Lipinski definition) is 1. The summed E-state index contributed by atoms with van der Waals surface area (Å²) in [6.07, 6.45) is 1.59. The fourth-order valence-corrected chi connectivity index (χ4v) is 1.16. The van der Waals surface area contributed by atoms with E-state index in [2.05, 4.69) is 16.8 Å². The first-order valence-electron chi connectivity index (χ1n) is 5.48. The van der Waals surface area contributed by atoms with Crippen LogP contribution in [0.2, 0.25) is 0 Å². The Hall–Kier alpha value is -1.86. The highest BCUT2D eigenvalue weighted by Crippen LogP contribution is 2.05. The third kappa shape index (κ3) is 3.58. The highest BCUT2D eigenvalue weighted by Gasteiger charge is 2.14. The predicted octanol–water partition coefficient (Wildman–Crippen LogP) is 0.872. The molecule has 0 aliphatic rings. The van der Waals surface area contributed by atoms with Gasteiger partial charge in [0, 0.05) is 24.8 Å². The second-order valence-corrected chi connectivity index (χ2v) is 3.95. The maximum absolute atomic E-state index is 11.9. The van der Waals surface area contributed by atoms with Crippen LogP contribution in [-0.4, -0.2) is 35.4 Å². The lowest BCUT2D eigenvalue weighted by Gasteiger charge is -2.20. The molecule has 1 amide bonds. The van der Waals surface area contributed by atoms with E-state index in [-0.39, 0.29) is 11.9 Å². The number of amides is 1. The molecule has 0 bridgehead atoms. The van der Waals surface area contributed by atoms with E-state index >= 15 is 0 Å². The number of carbonyl (C=O) groups is 1. The minimum Gasteiger partial charge on any atom is -0.338 e. The number of carbonyl (C=O) groups excluding carboxylic acids is 1. The van der Waals surface area contributed by atoms with Gasteiger partial charge in [0.25, 0.3) is 5.91 Å². The highest BCUT2D eigenvalue weighted by atomic mass is 16.2. The van der Waals surface area contributed by atoms with Gasteiger partial charge in [0.1, 0.15) is 5.69 Å². The predicted molar refractivity (Wildman–Crippen MR) is 67.4 cm³/mol. The molecular formula is C13H17N3O. The molecule has 0 atom stereocenters. The number of nitrogens with two attached hydrogens (primary N) is 1. The third-order valence-electron chi connectivity index (χ3n) is 2.41. The van der Waals surface area contributed by atoms with Crippen molar-refractivity contribution in [3.63, 3.8) is 0 Å². The average molecular weight is 231 g/mol. The van der Waals surface area contributed by atoms with Crippen LogP contribution in [0.1, 0.15) is 29.9 Å². The number of hydrogen-bond acceptors (Lipinski definition) is 3. The summed E-state index contributed by atoms with van der Waals surface area (Å²) in [5.74, 6) is 5.51. The summed E-state index contributed by atoms with van der Waals surface area (Å²) >= 11 is 0. The normalized spacial score (nSPS) is 9.71. The summed E-state index contributed by atoms with van der Waals surface area (Å²) in [7, 11) is 1.76. The minimum absolute atomic E-state index is 0.0849. The van der Waals surface area contributed by atoms with Crippen molar-refractivity contribution < 1.29 is 4.79 Å². The molecular weight excluding hydrogens is 214 g/mol. The van der Waals surface area contributed by atoms with E-state index in [9.17, 15) is 4.79 Å². The summed E-state index contributed by atoms with van der Waals surface area (Å²) in [4.78, 5) is 17.7. The molecule has 90 valence electrons. The molecule has 0 saturated heterocycles. The van der Waals surface area contributed by atoms with Crippen LogP contribution in [0.4, 0.5) is 0 Å². The summed E-state index contributed by atoms with van der Waals surface area (Å²) in [5, 5.41) is 0. The lowest BCUT2D eigenvalue weighted by atomic mass is 10.2. The Kier molecular flexibility index (Phi) is 4.68. The summed E-state index contributed by atoms with van der Waals surface area (Å²) in [5.41, 5.74) is 6.47. The van der Waals surface area contributed by atoms with Gasteiger partial charge in [-0.3, -0.25) is 4.79 Å². The van der Waals surface area contributed by atoms with E-state index in [0.717, 1.165) is 5.56 Å². The third-order valence-corrected chi connectivity index (χ3v) is 2.41. The lowest BCUT2D eigenvalue weighted by molar-refractivity contribution is 0.0749. The van der Waals surface area contributed by atoms with Crippen LogP contribution in [0.25, 0.3) is 0 Å². The number of aromatic nitrogens is 1. The zero-order valence-electron chi connectivity index (χ0n) is 10.4. The second kappa shape index (κ2) is 6.02. The minimum atomic E-state index is -0.0849. The molecule has 0 saturated carbocycles. The number of nitrogens with zero attached hydrogens (tertiary/aromatic N) is 2. The summed E-state index contributed by atoms with van der Waals surface area (Å²) < 4.78 is 0. The van der Waals surface area contributed by atoms with Crippen molar-refractivity contribution in [2.45, 2.75) is 19.9 Å². The van der Waals surface area contributed by atoms with Gasteiger partial charge in [-0.25, -0.2) is 4.98 Å². The van der Waals surface area contributed by atoms with Crippen LogP contribution in [0.5, 0.6) is 0 Å². The van der Waals surface area contributed by atoms with Crippen LogP contribution in [0.15, 0.2) is 18.3 Å². The molecule has 1 rings (SSSR count). The zero-order chi connectivity index (χ0) is 12.8. The van der Waals surface area contributed by atoms with Crippen LogP contribution in [0.3, 0.4) is 0 Å². The maximum atomic E-state index is 11.9. The van der Waals surface area contributed by atoms with Crippen molar-refractivity contribution in [1.29, 1.82) is 0 Å². The molecule has 1 aromatic rings. The molecule has 0 radical (unpaired) electrons. The quantitative estimate of drug-likeness (QED) is 0.768. The van der Waals surface area contributed by atoms with Crippen molar-refractivity contribution in [3.8, 4) is 11.8 Å². The van der Waals surface area contributed by atoms with Crippen molar-refractivity contribution in [3.05, 3.63) is 29.6 Å². The Morgan fingerprint density at radius 3 is 2.71 bits per heavy atom. The Balaban J connectivity index is 2.84. The van der Waals surface area contributed by atoms with Crippen LogP contribution >= 0.6 is 0 Å². The second-order valence-electron chi connectivity index (χ2n) is 3.95. The molecule has 0 unspecified atom stereocenters. The number of rotatable bonds is 2. The molecule has 0 aliphatic carbocycles. The Morgan fingerprint density at radius 2 is 2.24 bits per heavy atom. The van der Waals surface area contributed by atoms with E-state index in [4.69, 9.17) is 5.73 Å². The van der Waals surface area contributed by atoms with Gasteiger partial charge >= 0.3 is 0 Å². The van der Waals surface area contributed by atoms with Crippen LogP contribution < -0.4 is 5.73 Å². The molecule has 0 fully saturated rings. The van der Waals surface area contributed by atoms with Crippen molar-refractivity contribution in [2.24, 2.45) is 5.73 Å². The fraction of sp³-hybridized carbons (Fsp3) is 0.385. The van der Waals surface area contributed by atoms with E-state index in [0.29, 0.717) is 12.2 Å². The van der Waals surface area contributed by atoms with Gasteiger partial charge in [0.05, 0.1) is 6.54 Å².